The van der Waals surface area contributed by atoms with E-state index in [9.17, 15) is 14.4 Å². The third kappa shape index (κ3) is 11.8. The van der Waals surface area contributed by atoms with Crippen molar-refractivity contribution in [1.29, 1.82) is 5.26 Å². The van der Waals surface area contributed by atoms with Crippen molar-refractivity contribution < 1.29 is 42.2 Å². The zero-order valence-corrected chi connectivity index (χ0v) is 44.8. The van der Waals surface area contributed by atoms with Gasteiger partial charge in [-0.25, -0.2) is 55.8 Å². The summed E-state index contributed by atoms with van der Waals surface area (Å²) in [6, 6.07) is 9.11. The maximum Gasteiger partial charge on any atom is 0.514 e. The predicted octanol–water partition coefficient (Wildman–Crippen LogP) is 12.7. The van der Waals surface area contributed by atoms with Crippen molar-refractivity contribution in [3.05, 3.63) is 164 Å². The molecule has 0 radical (unpaired) electrons. The molecule has 2 fully saturated rings. The minimum absolute atomic E-state index is 0.0111. The lowest BCUT2D eigenvalue weighted by Crippen LogP contribution is -2.45. The molecule has 2 saturated carbocycles. The molecule has 0 saturated heterocycles. The fraction of sp³-hybridized carbons (Fsp3) is 0.483. The number of halogens is 1. The topological polar surface area (TPSA) is 160 Å². The van der Waals surface area contributed by atoms with Gasteiger partial charge in [0.25, 0.3) is 5.70 Å². The van der Waals surface area contributed by atoms with Gasteiger partial charge < -0.3 is 27.8 Å². The monoisotopic (exact) mass is 1090 g/mol. The Balaban J connectivity index is 0.000000199. The van der Waals surface area contributed by atoms with Crippen molar-refractivity contribution >= 4 is 33.8 Å². The highest BCUT2D eigenvalue weighted by molar-refractivity contribution is 9.08. The van der Waals surface area contributed by atoms with Gasteiger partial charge in [-0.2, -0.15) is 0 Å². The second-order valence-electron chi connectivity index (χ2n) is 18.9. The van der Waals surface area contributed by atoms with Crippen LogP contribution < -0.4 is 0 Å². The van der Waals surface area contributed by atoms with Crippen LogP contribution in [-0.4, -0.2) is 60.8 Å². The van der Waals surface area contributed by atoms with Gasteiger partial charge in [-0.05, 0) is 126 Å². The molecule has 8 rings (SSSR count). The predicted molar refractivity (Wildman–Crippen MR) is 285 cm³/mol. The van der Waals surface area contributed by atoms with Crippen LogP contribution >= 0.6 is 15.9 Å². The summed E-state index contributed by atoms with van der Waals surface area (Å²) in [7, 11) is 0. The number of hydrogen-bond acceptors (Lipinski definition) is 10. The summed E-state index contributed by atoms with van der Waals surface area (Å²) in [5.74, 6) is 5.40. The Bertz CT molecular complexity index is 2920. The fourth-order valence-electron chi connectivity index (χ4n) is 11.2. The maximum atomic E-state index is 13.1. The van der Waals surface area contributed by atoms with Crippen molar-refractivity contribution in [2.75, 3.05) is 19.8 Å². The standard InChI is InChI=1S/2C20H20N2O3.C15H16N2O2.C5H5BrO/c1-4-24-17(23)18-9-6-5-7-16(18)20(21-2,22-3)13-19-10-8-15(25-19)11-14(19)12-18;1-5-12-19(18(23)24-6-2)13-8-7-11-17(19)20(21-3,22-4)15-16-10-9-14-25-16;1-4-9-15(14(18)19-5-2)10-7-6-8-12(15)13(11-16)17-3;6-4-5-2-1-3-7-5/h7-8,10-11,15H,4-6,9,12-13H2,1H3;1,9-11,14H,6-8,12-13,15H2,2H3;1H,5-10H2,2H3;1-3H,4H2/b;;13-12+;/t15?,18-,19+;;;/m0.../s1. The van der Waals surface area contributed by atoms with Crippen molar-refractivity contribution in [2.45, 2.75) is 145 Å². The second-order valence-corrected chi connectivity index (χ2v) is 19.4. The molecule has 2 bridgehead atoms. The molecule has 4 aliphatic carbocycles. The summed E-state index contributed by atoms with van der Waals surface area (Å²) in [6.45, 7) is 44.2. The Hall–Kier alpha value is -7.83. The van der Waals surface area contributed by atoms with Crippen LogP contribution in [-0.2, 0) is 45.1 Å². The number of ether oxygens (including phenoxy) is 4. The Kier molecular flexibility index (Phi) is 20.7. The van der Waals surface area contributed by atoms with Crippen LogP contribution in [0.25, 0.3) is 24.2 Å². The number of hydrogen-bond donors (Lipinski definition) is 0. The Labute approximate surface area is 455 Å². The number of esters is 3. The van der Waals surface area contributed by atoms with Crippen molar-refractivity contribution in [2.24, 2.45) is 16.2 Å². The van der Waals surface area contributed by atoms with E-state index < -0.39 is 45.1 Å². The van der Waals surface area contributed by atoms with E-state index in [4.69, 9.17) is 78.8 Å². The zero-order valence-electron chi connectivity index (χ0n) is 43.3. The highest BCUT2D eigenvalue weighted by atomic mass is 79.9. The average Bonchev–Trinajstić information content (AvgIpc) is 4.37. The maximum absolute atomic E-state index is 13.1. The van der Waals surface area contributed by atoms with E-state index in [1.165, 1.54) is 6.26 Å². The van der Waals surface area contributed by atoms with E-state index in [0.29, 0.717) is 67.6 Å². The molecule has 2 aromatic heterocycles. The van der Waals surface area contributed by atoms with Crippen LogP contribution in [0.5, 0.6) is 0 Å². The third-order valence-corrected chi connectivity index (χ3v) is 15.2. The van der Waals surface area contributed by atoms with Gasteiger partial charge in [-0.1, -0.05) is 47.0 Å². The van der Waals surface area contributed by atoms with Crippen LogP contribution in [0, 0.1) is 85.1 Å². The second kappa shape index (κ2) is 26.6. The van der Waals surface area contributed by atoms with Crippen LogP contribution in [0.3, 0.4) is 0 Å². The highest BCUT2D eigenvalue weighted by Gasteiger charge is 2.70. The molecule has 0 aromatic carbocycles. The quantitative estimate of drug-likeness (QED) is 0.0381. The summed E-state index contributed by atoms with van der Waals surface area (Å²) < 4.78 is 32.3. The van der Waals surface area contributed by atoms with Gasteiger partial charge in [0.1, 0.15) is 45.5 Å². The molecule has 3 unspecified atom stereocenters. The molecule has 76 heavy (non-hydrogen) atoms. The van der Waals surface area contributed by atoms with E-state index in [0.717, 1.165) is 48.8 Å². The van der Waals surface area contributed by atoms with E-state index in [1.54, 1.807) is 39.2 Å². The van der Waals surface area contributed by atoms with E-state index >= 15 is 0 Å². The number of furan rings is 2. The number of carbonyl (C=O) groups excluding carboxylic acids is 3. The molecule has 1 spiro atoms. The average molecular weight is 1090 g/mol. The minimum atomic E-state index is -1.55. The fourth-order valence-corrected chi connectivity index (χ4v) is 11.6. The molecule has 392 valence electrons. The third-order valence-electron chi connectivity index (χ3n) is 14.6. The molecular weight excluding hydrogens is 1030 g/mol. The number of rotatable bonds is 12. The first-order valence-corrected chi connectivity index (χ1v) is 26.4. The molecule has 5 atom stereocenters. The van der Waals surface area contributed by atoms with E-state index in [1.807, 2.05) is 42.5 Å². The Morgan fingerprint density at radius 2 is 1.41 bits per heavy atom. The summed E-state index contributed by atoms with van der Waals surface area (Å²) in [4.78, 5) is 56.3. The number of alkyl halides is 1. The van der Waals surface area contributed by atoms with Crippen LogP contribution in [0.15, 0.2) is 104 Å². The van der Waals surface area contributed by atoms with Gasteiger partial charge in [-0.3, -0.25) is 14.4 Å². The Morgan fingerprint density at radius 3 is 1.95 bits per heavy atom. The van der Waals surface area contributed by atoms with Crippen molar-refractivity contribution in [3.63, 3.8) is 0 Å². The number of allylic oxidation sites excluding steroid dienone is 3. The molecule has 0 N–H and O–H groups in total. The van der Waals surface area contributed by atoms with Crippen LogP contribution in [0.1, 0.15) is 122 Å². The number of nitrogens with zero attached hydrogens (tertiary/aromatic N) is 6. The largest absolute Gasteiger partial charge is 0.514 e. The number of carbonyl (C=O) groups is 3. The van der Waals surface area contributed by atoms with Gasteiger partial charge in [0.05, 0.1) is 61.8 Å². The first-order valence-electron chi connectivity index (χ1n) is 25.3. The number of fused-ring (bicyclic) bond motifs is 2. The van der Waals surface area contributed by atoms with Crippen molar-refractivity contribution in [1.82, 2.24) is 0 Å². The molecular formula is C60H61BrN6O9. The minimum Gasteiger partial charge on any atom is -0.469 e. The lowest BCUT2D eigenvalue weighted by atomic mass is 9.65. The highest BCUT2D eigenvalue weighted by Crippen LogP contribution is 2.60. The SMILES string of the molecule is BrCc1ccco1.[C-]#[N+]/C(C#N)=C1\CCCCC1(CC#C)C(=O)OCC.[C-]#[N+]C(Cc1ccco1)([N+]#[C-])C1=CCCCC1(CC#C)C(=O)OCC.[C-]#[N+]C1([N+]#[C-])C[C@]23C=CC(C=C2C[C@@]2(C(=O)OCC)CCCC=C12)O3. The number of nitriles is 1. The van der Waals surface area contributed by atoms with E-state index in [-0.39, 0.29) is 56.7 Å². The summed E-state index contributed by atoms with van der Waals surface area (Å²) in [6.07, 6.45) is 31.9. The van der Waals surface area contributed by atoms with Gasteiger partial charge in [0.15, 0.2) is 6.42 Å². The van der Waals surface area contributed by atoms with Crippen LogP contribution in [0.2, 0.25) is 0 Å². The smallest absolute Gasteiger partial charge is 0.469 e. The summed E-state index contributed by atoms with van der Waals surface area (Å²) >= 11 is 3.24. The van der Waals surface area contributed by atoms with Gasteiger partial charge in [-0.15, -0.1) is 24.7 Å². The normalized spacial score (nSPS) is 25.6. The molecule has 6 aliphatic rings. The molecule has 0 amide bonds. The van der Waals surface area contributed by atoms with Gasteiger partial charge in [0, 0.05) is 12.8 Å². The van der Waals surface area contributed by atoms with Crippen LogP contribution in [0.4, 0.5) is 0 Å². The molecule has 4 heterocycles. The first-order chi connectivity index (χ1) is 36.7. The molecule has 2 aromatic rings. The van der Waals surface area contributed by atoms with E-state index in [2.05, 4.69) is 58.1 Å². The summed E-state index contributed by atoms with van der Waals surface area (Å²) in [5, 5.41) is 9.87. The molecule has 16 heteroatoms. The lowest BCUT2D eigenvalue weighted by Gasteiger charge is -2.36. The first kappa shape index (κ1) is 59.1. The van der Waals surface area contributed by atoms with Gasteiger partial charge >= 0.3 is 29.2 Å². The van der Waals surface area contributed by atoms with Gasteiger partial charge in [0.2, 0.25) is 0 Å². The summed E-state index contributed by atoms with van der Waals surface area (Å²) in [5.41, 5.74) is -4.02. The molecule has 2 aliphatic heterocycles. The zero-order chi connectivity index (χ0) is 55.5. The molecule has 15 nitrogen and oxygen atoms in total. The number of terminal acetylenes is 2. The Morgan fingerprint density at radius 1 is 0.816 bits per heavy atom. The lowest BCUT2D eigenvalue weighted by molar-refractivity contribution is -0.154. The van der Waals surface area contributed by atoms with Crippen molar-refractivity contribution in [3.8, 4) is 30.8 Å².